The van der Waals surface area contributed by atoms with Crippen molar-refractivity contribution in [1.82, 2.24) is 20.1 Å². The number of halogens is 3. The molecule has 164 valence electrons. The minimum absolute atomic E-state index is 0.102. The molecule has 1 aliphatic rings. The fourth-order valence-corrected chi connectivity index (χ4v) is 3.43. The van der Waals surface area contributed by atoms with Gasteiger partial charge in [0.05, 0.1) is 30.9 Å². The van der Waals surface area contributed by atoms with Gasteiger partial charge in [-0.1, -0.05) is 6.07 Å². The van der Waals surface area contributed by atoms with Crippen LogP contribution >= 0.6 is 0 Å². The molecule has 2 aromatic heterocycles. The van der Waals surface area contributed by atoms with E-state index in [4.69, 9.17) is 9.47 Å². The number of alkyl halides is 3. The number of amides is 1. The van der Waals surface area contributed by atoms with E-state index < -0.39 is 29.9 Å². The van der Waals surface area contributed by atoms with Crippen LogP contribution in [0.3, 0.4) is 0 Å². The Morgan fingerprint density at radius 2 is 2.16 bits per heavy atom. The molecule has 0 saturated carbocycles. The molecule has 3 heterocycles. The molecule has 0 spiro atoms. The second-order valence-corrected chi connectivity index (χ2v) is 7.13. The molecule has 0 aliphatic carbocycles. The van der Waals surface area contributed by atoms with Gasteiger partial charge in [0.15, 0.2) is 5.69 Å². The first kappa shape index (κ1) is 21.1. The Labute approximate surface area is 174 Å². The number of aryl methyl sites for hydroxylation is 1. The van der Waals surface area contributed by atoms with E-state index in [1.54, 1.807) is 25.2 Å². The normalized spacial score (nSPS) is 19.0. The molecule has 0 bridgehead atoms. The first-order chi connectivity index (χ1) is 14.7. The summed E-state index contributed by atoms with van der Waals surface area (Å²) >= 11 is 0. The van der Waals surface area contributed by atoms with Crippen LogP contribution in [-0.2, 0) is 24.6 Å². The lowest BCUT2D eigenvalue weighted by atomic mass is 10.1. The molecule has 1 aliphatic heterocycles. The van der Waals surface area contributed by atoms with E-state index in [1.165, 1.54) is 16.8 Å². The maximum absolute atomic E-state index is 13.1. The summed E-state index contributed by atoms with van der Waals surface area (Å²) in [5.41, 5.74) is -0.359. The second-order valence-electron chi connectivity index (χ2n) is 7.13. The maximum atomic E-state index is 13.1. The third kappa shape index (κ3) is 4.32. The van der Waals surface area contributed by atoms with Gasteiger partial charge in [-0.25, -0.2) is 0 Å². The molecule has 31 heavy (non-hydrogen) atoms. The van der Waals surface area contributed by atoms with E-state index in [2.05, 4.69) is 15.4 Å². The number of aliphatic hydroxyl groups is 1. The highest BCUT2D eigenvalue weighted by molar-refractivity contribution is 6.05. The predicted octanol–water partition coefficient (Wildman–Crippen LogP) is 2.06. The molecular formula is C20H19F3N4O4. The summed E-state index contributed by atoms with van der Waals surface area (Å²) < 4.78 is 51.5. The Balaban J connectivity index is 1.57. The summed E-state index contributed by atoms with van der Waals surface area (Å²) in [6.45, 7) is -0.00534. The molecule has 1 amide bonds. The lowest BCUT2D eigenvalue weighted by Crippen LogP contribution is -2.43. The molecule has 1 fully saturated rings. The number of hydrogen-bond donors (Lipinski definition) is 2. The van der Waals surface area contributed by atoms with Crippen molar-refractivity contribution in [3.05, 3.63) is 53.5 Å². The number of carbonyl (C=O) groups excluding carboxylic acids is 1. The standard InChI is InChI=1S/C20H19F3N4O4/c1-27-17(19(29)25-15-9-30-10-16(15)28)13-7-12(4-5-14(13)26-27)31-8-11-3-2-6-24-18(11)20(21,22)23/h2-7,15-16,28H,8-10H2,1H3,(H,25,29). The molecule has 2 N–H and O–H groups in total. The Morgan fingerprint density at radius 3 is 2.87 bits per heavy atom. The number of nitrogens with zero attached hydrogens (tertiary/aromatic N) is 3. The third-order valence-electron chi connectivity index (χ3n) is 4.94. The predicted molar refractivity (Wildman–Crippen MR) is 102 cm³/mol. The van der Waals surface area contributed by atoms with Crippen LogP contribution in [0.25, 0.3) is 10.9 Å². The molecule has 8 nitrogen and oxygen atoms in total. The number of aliphatic hydroxyl groups excluding tert-OH is 1. The number of carbonyl (C=O) groups is 1. The van der Waals surface area contributed by atoms with Gasteiger partial charge < -0.3 is 19.9 Å². The first-order valence-electron chi connectivity index (χ1n) is 9.41. The molecule has 4 rings (SSSR count). The summed E-state index contributed by atoms with van der Waals surface area (Å²) in [5.74, 6) is -0.181. The average molecular weight is 436 g/mol. The van der Waals surface area contributed by atoms with Gasteiger partial charge in [0, 0.05) is 24.2 Å². The summed E-state index contributed by atoms with van der Waals surface area (Å²) in [4.78, 5) is 16.2. The molecule has 3 aromatic rings. The van der Waals surface area contributed by atoms with Crippen LogP contribution in [0.1, 0.15) is 21.7 Å². The Bertz CT molecular complexity index is 1120. The minimum Gasteiger partial charge on any atom is -0.489 e. The van der Waals surface area contributed by atoms with Crippen LogP contribution in [-0.4, -0.2) is 51.1 Å². The van der Waals surface area contributed by atoms with E-state index in [-0.39, 0.29) is 36.8 Å². The van der Waals surface area contributed by atoms with Crippen molar-refractivity contribution >= 4 is 16.8 Å². The first-order valence-corrected chi connectivity index (χ1v) is 9.41. The molecule has 2 atom stereocenters. The van der Waals surface area contributed by atoms with Gasteiger partial charge in [-0.3, -0.25) is 14.5 Å². The van der Waals surface area contributed by atoms with Crippen molar-refractivity contribution in [3.63, 3.8) is 0 Å². The molecule has 0 radical (unpaired) electrons. The smallest absolute Gasteiger partial charge is 0.433 e. The summed E-state index contributed by atoms with van der Waals surface area (Å²) in [5, 5.41) is 17.3. The number of pyridine rings is 1. The third-order valence-corrected chi connectivity index (χ3v) is 4.94. The molecule has 1 aromatic carbocycles. The Hall–Kier alpha value is -3.18. The topological polar surface area (TPSA) is 98.5 Å². The zero-order valence-electron chi connectivity index (χ0n) is 16.4. The van der Waals surface area contributed by atoms with Crippen LogP contribution < -0.4 is 10.1 Å². The average Bonchev–Trinajstić information content (AvgIpc) is 3.27. The van der Waals surface area contributed by atoms with Crippen LogP contribution in [0.2, 0.25) is 0 Å². The maximum Gasteiger partial charge on any atom is 0.433 e. The van der Waals surface area contributed by atoms with Crippen LogP contribution in [0.5, 0.6) is 5.75 Å². The number of ether oxygens (including phenoxy) is 2. The van der Waals surface area contributed by atoms with E-state index in [0.717, 1.165) is 6.20 Å². The molecular weight excluding hydrogens is 417 g/mol. The van der Waals surface area contributed by atoms with Crippen molar-refractivity contribution in [2.24, 2.45) is 7.05 Å². The van der Waals surface area contributed by atoms with E-state index in [1.807, 2.05) is 0 Å². The highest BCUT2D eigenvalue weighted by Crippen LogP contribution is 2.31. The van der Waals surface area contributed by atoms with Crippen LogP contribution in [0.15, 0.2) is 36.5 Å². The SMILES string of the molecule is Cn1nc2ccc(OCc3cccnc3C(F)(F)F)cc2c1C(=O)NC1COCC1O. The van der Waals surface area contributed by atoms with Gasteiger partial charge in [-0.05, 0) is 24.3 Å². The van der Waals surface area contributed by atoms with Crippen molar-refractivity contribution in [2.75, 3.05) is 13.2 Å². The minimum atomic E-state index is -4.59. The zero-order chi connectivity index (χ0) is 22.2. The van der Waals surface area contributed by atoms with Gasteiger partial charge in [0.2, 0.25) is 0 Å². The van der Waals surface area contributed by atoms with Crippen molar-refractivity contribution in [3.8, 4) is 5.75 Å². The quantitative estimate of drug-likeness (QED) is 0.636. The van der Waals surface area contributed by atoms with Crippen LogP contribution in [0, 0.1) is 0 Å². The van der Waals surface area contributed by atoms with Gasteiger partial charge in [0.25, 0.3) is 5.91 Å². The highest BCUT2D eigenvalue weighted by Gasteiger charge is 2.35. The number of nitrogens with one attached hydrogen (secondary N) is 1. The molecule has 2 unspecified atom stereocenters. The Kier molecular flexibility index (Phi) is 5.54. The van der Waals surface area contributed by atoms with E-state index in [9.17, 15) is 23.1 Å². The van der Waals surface area contributed by atoms with Crippen molar-refractivity contribution in [1.29, 1.82) is 0 Å². The number of benzene rings is 1. The lowest BCUT2D eigenvalue weighted by Gasteiger charge is -2.15. The van der Waals surface area contributed by atoms with Crippen molar-refractivity contribution < 1.29 is 32.5 Å². The summed E-state index contributed by atoms with van der Waals surface area (Å²) in [6.07, 6.45) is -4.32. The van der Waals surface area contributed by atoms with E-state index in [0.29, 0.717) is 10.9 Å². The van der Waals surface area contributed by atoms with Gasteiger partial charge in [-0.15, -0.1) is 0 Å². The number of fused-ring (bicyclic) bond motifs is 1. The lowest BCUT2D eigenvalue weighted by molar-refractivity contribution is -0.142. The summed E-state index contributed by atoms with van der Waals surface area (Å²) in [6, 6.07) is 6.89. The van der Waals surface area contributed by atoms with Gasteiger partial charge in [0.1, 0.15) is 18.1 Å². The number of hydrogen-bond acceptors (Lipinski definition) is 6. The number of aromatic nitrogens is 3. The summed E-state index contributed by atoms with van der Waals surface area (Å²) in [7, 11) is 1.60. The van der Waals surface area contributed by atoms with E-state index >= 15 is 0 Å². The Morgan fingerprint density at radius 1 is 1.35 bits per heavy atom. The fraction of sp³-hybridized carbons (Fsp3) is 0.350. The van der Waals surface area contributed by atoms with Crippen LogP contribution in [0.4, 0.5) is 13.2 Å². The zero-order valence-corrected chi connectivity index (χ0v) is 16.4. The monoisotopic (exact) mass is 436 g/mol. The highest BCUT2D eigenvalue weighted by atomic mass is 19.4. The fourth-order valence-electron chi connectivity index (χ4n) is 3.43. The van der Waals surface area contributed by atoms with Gasteiger partial charge >= 0.3 is 6.18 Å². The van der Waals surface area contributed by atoms with Crippen molar-refractivity contribution in [2.45, 2.75) is 24.9 Å². The van der Waals surface area contributed by atoms with Gasteiger partial charge in [-0.2, -0.15) is 18.3 Å². The second kappa shape index (κ2) is 8.16. The number of rotatable bonds is 5. The largest absolute Gasteiger partial charge is 0.489 e. The molecule has 1 saturated heterocycles. The molecule has 11 heteroatoms.